The van der Waals surface area contributed by atoms with Crippen LogP contribution >= 0.6 is 11.6 Å². The molecule has 0 bridgehead atoms. The van der Waals surface area contributed by atoms with Crippen LogP contribution in [0.25, 0.3) is 11.1 Å². The minimum absolute atomic E-state index is 0.257. The number of aryl methyl sites for hydroxylation is 1. The average molecular weight is 273 g/mol. The van der Waals surface area contributed by atoms with Crippen LogP contribution in [-0.2, 0) is 6.42 Å². The quantitative estimate of drug-likeness (QED) is 0.798. The highest BCUT2D eigenvalue weighted by atomic mass is 35.5. The molecule has 0 spiro atoms. The Morgan fingerprint density at radius 2 is 2.00 bits per heavy atom. The molecule has 0 saturated heterocycles. The van der Waals surface area contributed by atoms with E-state index in [1.165, 1.54) is 0 Å². The van der Waals surface area contributed by atoms with E-state index in [0.29, 0.717) is 5.56 Å². The Bertz CT molecular complexity index is 630. The van der Waals surface area contributed by atoms with Gasteiger partial charge in [0, 0.05) is 11.3 Å². The Labute approximate surface area is 117 Å². The summed E-state index contributed by atoms with van der Waals surface area (Å²) in [6.45, 7) is 2.00. The lowest BCUT2D eigenvalue weighted by Gasteiger charge is -2.09. The van der Waals surface area contributed by atoms with Gasteiger partial charge in [0.25, 0.3) is 0 Å². The Morgan fingerprint density at radius 3 is 2.53 bits per heavy atom. The van der Waals surface area contributed by atoms with Gasteiger partial charge in [-0.15, -0.1) is 0 Å². The largest absolute Gasteiger partial charge is 0.497 e. The number of nitrogens with zero attached hydrogens (tertiary/aromatic N) is 2. The van der Waals surface area contributed by atoms with Gasteiger partial charge in [0.05, 0.1) is 12.7 Å². The third-order valence-electron chi connectivity index (χ3n) is 2.90. The Morgan fingerprint density at radius 1 is 1.32 bits per heavy atom. The van der Waals surface area contributed by atoms with Crippen LogP contribution in [0.4, 0.5) is 0 Å². The molecule has 0 aliphatic heterocycles. The Hall–Kier alpha value is -2.05. The molecule has 4 heteroatoms. The van der Waals surface area contributed by atoms with E-state index in [2.05, 4.69) is 11.1 Å². The van der Waals surface area contributed by atoms with Crippen LogP contribution in [0.5, 0.6) is 5.75 Å². The van der Waals surface area contributed by atoms with E-state index in [-0.39, 0.29) is 5.15 Å². The summed E-state index contributed by atoms with van der Waals surface area (Å²) in [5.74, 6) is 0.776. The van der Waals surface area contributed by atoms with Gasteiger partial charge in [-0.25, -0.2) is 4.98 Å². The molecular formula is C15H13ClN2O. The van der Waals surface area contributed by atoms with Gasteiger partial charge in [-0.1, -0.05) is 30.7 Å². The summed E-state index contributed by atoms with van der Waals surface area (Å²) in [5, 5.41) is 9.48. The second kappa shape index (κ2) is 5.73. The summed E-state index contributed by atoms with van der Waals surface area (Å²) in [6.07, 6.45) is 0.772. The summed E-state index contributed by atoms with van der Waals surface area (Å²) >= 11 is 6.06. The van der Waals surface area contributed by atoms with Gasteiger partial charge in [-0.05, 0) is 30.2 Å². The summed E-state index contributed by atoms with van der Waals surface area (Å²) in [5.41, 5.74) is 3.01. The fourth-order valence-corrected chi connectivity index (χ4v) is 2.10. The number of ether oxygens (including phenoxy) is 1. The van der Waals surface area contributed by atoms with Crippen molar-refractivity contribution in [3.05, 3.63) is 46.7 Å². The maximum Gasteiger partial charge on any atom is 0.147 e. The minimum Gasteiger partial charge on any atom is -0.497 e. The standard InChI is InChI=1S/C15H13ClN2O/c1-3-11-8-13(14(9-17)15(16)18-11)10-4-6-12(19-2)7-5-10/h4-8H,3H2,1-2H3. The van der Waals surface area contributed by atoms with Gasteiger partial charge < -0.3 is 4.74 Å². The number of methoxy groups -OCH3 is 1. The number of rotatable bonds is 3. The number of nitriles is 1. The van der Waals surface area contributed by atoms with Crippen molar-refractivity contribution in [1.82, 2.24) is 4.98 Å². The molecule has 0 amide bonds. The van der Waals surface area contributed by atoms with E-state index in [1.54, 1.807) is 7.11 Å². The number of benzene rings is 1. The zero-order chi connectivity index (χ0) is 13.8. The molecule has 0 N–H and O–H groups in total. The molecule has 0 saturated carbocycles. The van der Waals surface area contributed by atoms with E-state index in [4.69, 9.17) is 16.3 Å². The van der Waals surface area contributed by atoms with Crippen LogP contribution in [-0.4, -0.2) is 12.1 Å². The first kappa shape index (κ1) is 13.4. The topological polar surface area (TPSA) is 45.9 Å². The molecule has 96 valence electrons. The second-order valence-electron chi connectivity index (χ2n) is 4.02. The molecule has 2 aromatic rings. The van der Waals surface area contributed by atoms with Gasteiger partial charge in [0.1, 0.15) is 17.0 Å². The van der Waals surface area contributed by atoms with Crippen LogP contribution in [0.15, 0.2) is 30.3 Å². The first-order valence-electron chi connectivity index (χ1n) is 5.93. The van der Waals surface area contributed by atoms with Gasteiger partial charge in [0.15, 0.2) is 0 Å². The molecule has 1 aromatic heterocycles. The van der Waals surface area contributed by atoms with E-state index in [9.17, 15) is 5.26 Å². The molecule has 0 unspecified atom stereocenters. The number of aromatic nitrogens is 1. The predicted molar refractivity (Wildman–Crippen MR) is 75.3 cm³/mol. The van der Waals surface area contributed by atoms with Crippen molar-refractivity contribution in [1.29, 1.82) is 5.26 Å². The molecule has 0 aliphatic rings. The van der Waals surface area contributed by atoms with Crippen molar-refractivity contribution < 1.29 is 4.74 Å². The number of hydrogen-bond acceptors (Lipinski definition) is 3. The SMILES string of the molecule is CCc1cc(-c2ccc(OC)cc2)c(C#N)c(Cl)n1. The summed E-state index contributed by atoms with van der Waals surface area (Å²) in [7, 11) is 1.62. The molecular weight excluding hydrogens is 260 g/mol. The zero-order valence-corrected chi connectivity index (χ0v) is 11.5. The highest BCUT2D eigenvalue weighted by molar-refractivity contribution is 6.31. The van der Waals surface area contributed by atoms with Crippen molar-refractivity contribution >= 4 is 11.6 Å². The number of hydrogen-bond donors (Lipinski definition) is 0. The fraction of sp³-hybridized carbons (Fsp3) is 0.200. The molecule has 3 nitrogen and oxygen atoms in total. The maximum atomic E-state index is 9.23. The molecule has 1 aromatic carbocycles. The van der Waals surface area contributed by atoms with Crippen LogP contribution in [0, 0.1) is 11.3 Å². The first-order valence-corrected chi connectivity index (χ1v) is 6.31. The second-order valence-corrected chi connectivity index (χ2v) is 4.38. The molecule has 2 rings (SSSR count). The number of pyridine rings is 1. The lowest BCUT2D eigenvalue weighted by atomic mass is 10.0. The Kier molecular flexibility index (Phi) is 4.03. The number of halogens is 1. The van der Waals surface area contributed by atoms with Crippen molar-refractivity contribution in [2.45, 2.75) is 13.3 Å². The first-order chi connectivity index (χ1) is 9.19. The normalized spacial score (nSPS) is 10.0. The van der Waals surface area contributed by atoms with Gasteiger partial charge in [-0.2, -0.15) is 5.26 Å². The van der Waals surface area contributed by atoms with Gasteiger partial charge >= 0.3 is 0 Å². The zero-order valence-electron chi connectivity index (χ0n) is 10.8. The van der Waals surface area contributed by atoms with Crippen LogP contribution in [0.3, 0.4) is 0 Å². The Balaban J connectivity index is 2.59. The smallest absolute Gasteiger partial charge is 0.147 e. The third-order valence-corrected chi connectivity index (χ3v) is 3.18. The van der Waals surface area contributed by atoms with Crippen molar-refractivity contribution in [2.75, 3.05) is 7.11 Å². The molecule has 0 atom stereocenters. The van der Waals surface area contributed by atoms with Crippen molar-refractivity contribution in [3.8, 4) is 22.9 Å². The predicted octanol–water partition coefficient (Wildman–Crippen LogP) is 3.84. The fourth-order valence-electron chi connectivity index (χ4n) is 1.85. The highest BCUT2D eigenvalue weighted by Crippen LogP contribution is 2.29. The van der Waals surface area contributed by atoms with E-state index in [1.807, 2.05) is 37.3 Å². The maximum absolute atomic E-state index is 9.23. The summed E-state index contributed by atoms with van der Waals surface area (Å²) in [6, 6.07) is 11.6. The van der Waals surface area contributed by atoms with E-state index < -0.39 is 0 Å². The van der Waals surface area contributed by atoms with E-state index >= 15 is 0 Å². The lowest BCUT2D eigenvalue weighted by molar-refractivity contribution is 0.415. The minimum atomic E-state index is 0.257. The summed E-state index contributed by atoms with van der Waals surface area (Å²) < 4.78 is 5.13. The summed E-state index contributed by atoms with van der Waals surface area (Å²) in [4.78, 5) is 4.20. The van der Waals surface area contributed by atoms with Crippen molar-refractivity contribution in [2.24, 2.45) is 0 Å². The molecule has 1 heterocycles. The third kappa shape index (κ3) is 2.69. The lowest BCUT2D eigenvalue weighted by Crippen LogP contribution is -1.95. The molecule has 19 heavy (non-hydrogen) atoms. The molecule has 0 aliphatic carbocycles. The van der Waals surface area contributed by atoms with Crippen LogP contribution < -0.4 is 4.74 Å². The van der Waals surface area contributed by atoms with Crippen LogP contribution in [0.2, 0.25) is 5.15 Å². The van der Waals surface area contributed by atoms with Crippen LogP contribution in [0.1, 0.15) is 18.2 Å². The molecule has 0 fully saturated rings. The van der Waals surface area contributed by atoms with Gasteiger partial charge in [0.2, 0.25) is 0 Å². The van der Waals surface area contributed by atoms with E-state index in [0.717, 1.165) is 29.0 Å². The highest BCUT2D eigenvalue weighted by Gasteiger charge is 2.12. The molecule has 0 radical (unpaired) electrons. The monoisotopic (exact) mass is 272 g/mol. The van der Waals surface area contributed by atoms with Gasteiger partial charge in [-0.3, -0.25) is 0 Å². The van der Waals surface area contributed by atoms with Crippen molar-refractivity contribution in [3.63, 3.8) is 0 Å². The average Bonchev–Trinajstić information content (AvgIpc) is 2.46.